The Balaban J connectivity index is 3.04. The van der Waals surface area contributed by atoms with E-state index < -0.39 is 6.17 Å². The van der Waals surface area contributed by atoms with Crippen molar-refractivity contribution in [2.75, 3.05) is 6.54 Å². The van der Waals surface area contributed by atoms with E-state index in [4.69, 9.17) is 0 Å². The topological polar surface area (TPSA) is 29.1 Å². The molecule has 0 fully saturated rings. The fourth-order valence-corrected chi connectivity index (χ4v) is 0.591. The third-order valence-corrected chi connectivity index (χ3v) is 1.02. The first-order chi connectivity index (χ1) is 4.31. The molecule has 0 saturated carbocycles. The summed E-state index contributed by atoms with van der Waals surface area (Å²) in [5.41, 5.74) is 0. The zero-order valence-electron chi connectivity index (χ0n) is 5.56. The normalized spacial score (nSPS) is 12.7. The number of amides is 1. The molecule has 9 heavy (non-hydrogen) atoms. The van der Waals surface area contributed by atoms with Crippen LogP contribution >= 0.6 is 0 Å². The van der Waals surface area contributed by atoms with Gasteiger partial charge in [0, 0.05) is 6.54 Å². The van der Waals surface area contributed by atoms with E-state index in [0.29, 0.717) is 12.8 Å². The zero-order valence-corrected chi connectivity index (χ0v) is 5.56. The van der Waals surface area contributed by atoms with Gasteiger partial charge in [-0.2, -0.15) is 0 Å². The van der Waals surface area contributed by atoms with Gasteiger partial charge < -0.3 is 5.32 Å². The largest absolute Gasteiger partial charge is 0.356 e. The third-order valence-electron chi connectivity index (χ3n) is 1.02. The second-order valence-corrected chi connectivity index (χ2v) is 1.91. The predicted molar refractivity (Wildman–Crippen MR) is 33.9 cm³/mol. The molecule has 0 aliphatic carbocycles. The van der Waals surface area contributed by atoms with Crippen LogP contribution in [0.25, 0.3) is 0 Å². The molecule has 0 aliphatic rings. The first-order valence-corrected chi connectivity index (χ1v) is 3.12. The maximum Gasteiger partial charge on any atom is 0.207 e. The average molecular weight is 133 g/mol. The number of alkyl halides is 1. The summed E-state index contributed by atoms with van der Waals surface area (Å²) in [7, 11) is 0. The number of rotatable bonds is 5. The summed E-state index contributed by atoms with van der Waals surface area (Å²) >= 11 is 0. The van der Waals surface area contributed by atoms with E-state index in [1.807, 2.05) is 6.92 Å². The monoisotopic (exact) mass is 133 g/mol. The molecule has 54 valence electrons. The van der Waals surface area contributed by atoms with Crippen LogP contribution in [0.5, 0.6) is 0 Å². The van der Waals surface area contributed by atoms with Gasteiger partial charge in [0.25, 0.3) is 0 Å². The van der Waals surface area contributed by atoms with Crippen molar-refractivity contribution in [2.24, 2.45) is 0 Å². The second kappa shape index (κ2) is 5.54. The highest BCUT2D eigenvalue weighted by atomic mass is 19.1. The third kappa shape index (κ3) is 5.27. The lowest BCUT2D eigenvalue weighted by Gasteiger charge is -2.03. The minimum absolute atomic E-state index is 0.150. The summed E-state index contributed by atoms with van der Waals surface area (Å²) in [6, 6.07) is 0. The molecular formula is C6H12FNO. The quantitative estimate of drug-likeness (QED) is 0.554. The molecule has 2 nitrogen and oxygen atoms in total. The van der Waals surface area contributed by atoms with Crippen molar-refractivity contribution in [3.63, 3.8) is 0 Å². The molecule has 0 aromatic carbocycles. The maximum absolute atomic E-state index is 12.4. The molecule has 0 aromatic rings. The molecule has 1 unspecified atom stereocenters. The SMILES string of the molecule is CCCC(F)CNC=O. The summed E-state index contributed by atoms with van der Waals surface area (Å²) in [6.07, 6.45) is 0.991. The molecule has 0 spiro atoms. The standard InChI is InChI=1S/C6H12FNO/c1-2-3-6(7)4-8-5-9/h5-6H,2-4H2,1H3,(H,8,9). The lowest BCUT2D eigenvalue weighted by atomic mass is 10.2. The summed E-state index contributed by atoms with van der Waals surface area (Å²) in [5.74, 6) is 0. The molecule has 0 bridgehead atoms. The van der Waals surface area contributed by atoms with Gasteiger partial charge in [0.1, 0.15) is 6.17 Å². The van der Waals surface area contributed by atoms with Crippen molar-refractivity contribution in [1.82, 2.24) is 5.32 Å². The Kier molecular flexibility index (Phi) is 5.17. The first kappa shape index (κ1) is 8.40. The Morgan fingerprint density at radius 1 is 1.78 bits per heavy atom. The summed E-state index contributed by atoms with van der Waals surface area (Å²) in [4.78, 5) is 9.64. The van der Waals surface area contributed by atoms with Crippen molar-refractivity contribution in [1.29, 1.82) is 0 Å². The predicted octanol–water partition coefficient (Wildman–Crippen LogP) is 0.871. The number of carbonyl (C=O) groups excluding carboxylic acids is 1. The van der Waals surface area contributed by atoms with Gasteiger partial charge >= 0.3 is 0 Å². The fourth-order valence-electron chi connectivity index (χ4n) is 0.591. The molecule has 0 radical (unpaired) electrons. The lowest BCUT2D eigenvalue weighted by molar-refractivity contribution is -0.109. The van der Waals surface area contributed by atoms with Crippen LogP contribution in [0.4, 0.5) is 4.39 Å². The van der Waals surface area contributed by atoms with Crippen LogP contribution in [0, 0.1) is 0 Å². The van der Waals surface area contributed by atoms with Gasteiger partial charge in [0.05, 0.1) is 0 Å². The number of hydrogen-bond acceptors (Lipinski definition) is 1. The minimum atomic E-state index is -0.875. The Morgan fingerprint density at radius 2 is 2.44 bits per heavy atom. The van der Waals surface area contributed by atoms with Gasteiger partial charge in [-0.05, 0) is 6.42 Å². The minimum Gasteiger partial charge on any atom is -0.356 e. The van der Waals surface area contributed by atoms with E-state index in [1.54, 1.807) is 0 Å². The summed E-state index contributed by atoms with van der Waals surface area (Å²) in [5, 5.41) is 2.28. The highest BCUT2D eigenvalue weighted by molar-refractivity contribution is 5.45. The molecule has 1 N–H and O–H groups in total. The molecule has 0 saturated heterocycles. The fraction of sp³-hybridized carbons (Fsp3) is 0.833. The molecule has 1 atom stereocenters. The average Bonchev–Trinajstić information content (AvgIpc) is 1.85. The van der Waals surface area contributed by atoms with Crippen molar-refractivity contribution < 1.29 is 9.18 Å². The van der Waals surface area contributed by atoms with Crippen molar-refractivity contribution in [3.8, 4) is 0 Å². The van der Waals surface area contributed by atoms with Gasteiger partial charge in [0.15, 0.2) is 0 Å². The van der Waals surface area contributed by atoms with Crippen LogP contribution in [0.3, 0.4) is 0 Å². The smallest absolute Gasteiger partial charge is 0.207 e. The molecule has 0 rings (SSSR count). The Morgan fingerprint density at radius 3 is 2.89 bits per heavy atom. The van der Waals surface area contributed by atoms with Crippen molar-refractivity contribution >= 4 is 6.41 Å². The maximum atomic E-state index is 12.4. The van der Waals surface area contributed by atoms with Crippen LogP contribution in [-0.4, -0.2) is 19.1 Å². The second-order valence-electron chi connectivity index (χ2n) is 1.91. The van der Waals surface area contributed by atoms with Crippen molar-refractivity contribution in [2.45, 2.75) is 25.9 Å². The number of nitrogens with one attached hydrogen (secondary N) is 1. The Hall–Kier alpha value is -0.600. The summed E-state index contributed by atoms with van der Waals surface area (Å²) in [6.45, 7) is 2.06. The van der Waals surface area contributed by atoms with Gasteiger partial charge in [-0.3, -0.25) is 4.79 Å². The van der Waals surface area contributed by atoms with Gasteiger partial charge in [-0.1, -0.05) is 13.3 Å². The van der Waals surface area contributed by atoms with Gasteiger partial charge in [-0.25, -0.2) is 4.39 Å². The molecule has 3 heteroatoms. The highest BCUT2D eigenvalue weighted by Gasteiger charge is 2.01. The van der Waals surface area contributed by atoms with E-state index in [1.165, 1.54) is 0 Å². The summed E-state index contributed by atoms with van der Waals surface area (Å²) < 4.78 is 12.4. The zero-order chi connectivity index (χ0) is 7.11. The number of hydrogen-bond donors (Lipinski definition) is 1. The van der Waals surface area contributed by atoms with Crippen LogP contribution in [0.1, 0.15) is 19.8 Å². The van der Waals surface area contributed by atoms with Crippen LogP contribution in [-0.2, 0) is 4.79 Å². The Labute approximate surface area is 54.4 Å². The Bertz CT molecular complexity index is 77.5. The molecule has 0 heterocycles. The molecular weight excluding hydrogens is 121 g/mol. The van der Waals surface area contributed by atoms with Crippen molar-refractivity contribution in [3.05, 3.63) is 0 Å². The molecule has 0 aliphatic heterocycles. The van der Waals surface area contributed by atoms with E-state index in [9.17, 15) is 9.18 Å². The van der Waals surface area contributed by atoms with E-state index >= 15 is 0 Å². The van der Waals surface area contributed by atoms with E-state index in [-0.39, 0.29) is 6.54 Å². The number of carbonyl (C=O) groups is 1. The first-order valence-electron chi connectivity index (χ1n) is 3.12. The molecule has 0 aromatic heterocycles. The molecule has 1 amide bonds. The van der Waals surface area contributed by atoms with Gasteiger partial charge in [0.2, 0.25) is 6.41 Å². The number of halogens is 1. The van der Waals surface area contributed by atoms with E-state index in [2.05, 4.69) is 5.32 Å². The lowest BCUT2D eigenvalue weighted by Crippen LogP contribution is -2.21. The van der Waals surface area contributed by atoms with Crippen LogP contribution < -0.4 is 5.32 Å². The highest BCUT2D eigenvalue weighted by Crippen LogP contribution is 1.98. The van der Waals surface area contributed by atoms with E-state index in [0.717, 1.165) is 6.42 Å². The van der Waals surface area contributed by atoms with Crippen LogP contribution in [0.2, 0.25) is 0 Å². The van der Waals surface area contributed by atoms with Crippen LogP contribution in [0.15, 0.2) is 0 Å². The van der Waals surface area contributed by atoms with Gasteiger partial charge in [-0.15, -0.1) is 0 Å².